The van der Waals surface area contributed by atoms with E-state index in [2.05, 4.69) is 50.1 Å². The van der Waals surface area contributed by atoms with E-state index in [0.29, 0.717) is 6.61 Å². The van der Waals surface area contributed by atoms with Crippen molar-refractivity contribution in [3.05, 3.63) is 57.6 Å². The lowest BCUT2D eigenvalue weighted by Crippen LogP contribution is -2.01. The Morgan fingerprint density at radius 2 is 2.05 bits per heavy atom. The van der Waals surface area contributed by atoms with E-state index in [1.807, 2.05) is 25.1 Å². The van der Waals surface area contributed by atoms with Gasteiger partial charge >= 0.3 is 0 Å². The van der Waals surface area contributed by atoms with Gasteiger partial charge in [-0.3, -0.25) is 0 Å². The van der Waals surface area contributed by atoms with Gasteiger partial charge < -0.3 is 9.47 Å². The van der Waals surface area contributed by atoms with Crippen molar-refractivity contribution in [3.8, 4) is 11.5 Å². The molecule has 0 N–H and O–H groups in total. The predicted molar refractivity (Wildman–Crippen MR) is 91.7 cm³/mol. The van der Waals surface area contributed by atoms with Crippen molar-refractivity contribution in [1.82, 2.24) is 0 Å². The van der Waals surface area contributed by atoms with Crippen LogP contribution in [0.2, 0.25) is 0 Å². The molecule has 1 aliphatic heterocycles. The largest absolute Gasteiger partial charge is 0.494 e. The second-order valence-corrected chi connectivity index (χ2v) is 6.75. The summed E-state index contributed by atoms with van der Waals surface area (Å²) in [6, 6.07) is 12.4. The minimum absolute atomic E-state index is 0.0459. The van der Waals surface area contributed by atoms with E-state index >= 15 is 0 Å². The summed E-state index contributed by atoms with van der Waals surface area (Å²) < 4.78 is 12.7. The highest BCUT2D eigenvalue weighted by atomic mass is 79.9. The minimum Gasteiger partial charge on any atom is -0.494 e. The zero-order valence-corrected chi connectivity index (χ0v) is 14.9. The van der Waals surface area contributed by atoms with E-state index < -0.39 is 0 Å². The number of fused-ring (bicyclic) bond motifs is 1. The third-order valence-electron chi connectivity index (χ3n) is 3.54. The molecule has 0 spiro atoms. The van der Waals surface area contributed by atoms with Crippen LogP contribution in [0.1, 0.15) is 28.4 Å². The van der Waals surface area contributed by atoms with Gasteiger partial charge in [0.15, 0.2) is 0 Å². The summed E-state index contributed by atoms with van der Waals surface area (Å²) in [5.74, 6) is 1.92. The van der Waals surface area contributed by atoms with Gasteiger partial charge in [0, 0.05) is 22.0 Å². The molecule has 1 aliphatic rings. The van der Waals surface area contributed by atoms with Gasteiger partial charge in [-0.25, -0.2) is 0 Å². The smallest absolute Gasteiger partial charge is 0.127 e. The number of alkyl halides is 1. The highest BCUT2D eigenvalue weighted by Crippen LogP contribution is 2.44. The number of para-hydroxylation sites is 1. The number of hydrogen-bond acceptors (Lipinski definition) is 2. The molecule has 2 nitrogen and oxygen atoms in total. The van der Waals surface area contributed by atoms with Crippen LogP contribution in [0.15, 0.2) is 40.9 Å². The maximum atomic E-state index is 5.84. The third-order valence-corrected chi connectivity index (χ3v) is 4.99. The molecule has 21 heavy (non-hydrogen) atoms. The molecule has 0 radical (unpaired) electrons. The molecule has 1 heterocycles. The normalized spacial score (nSPS) is 14.4. The highest BCUT2D eigenvalue weighted by Gasteiger charge is 2.24. The number of ether oxygens (including phenoxy) is 2. The second kappa shape index (κ2) is 6.41. The van der Waals surface area contributed by atoms with E-state index in [4.69, 9.17) is 9.47 Å². The summed E-state index contributed by atoms with van der Waals surface area (Å²) in [5, 5.41) is 0. The second-order valence-electron chi connectivity index (χ2n) is 4.92. The molecule has 2 aromatic rings. The van der Waals surface area contributed by atoms with Crippen LogP contribution in [0.4, 0.5) is 0 Å². The third kappa shape index (κ3) is 2.97. The maximum Gasteiger partial charge on any atom is 0.127 e. The monoisotopic (exact) mass is 410 g/mol. The molecule has 0 bridgehead atoms. The lowest BCUT2D eigenvalue weighted by Gasteiger charge is -2.18. The van der Waals surface area contributed by atoms with Gasteiger partial charge in [-0.1, -0.05) is 50.1 Å². The Morgan fingerprint density at radius 1 is 1.24 bits per heavy atom. The summed E-state index contributed by atoms with van der Waals surface area (Å²) in [7, 11) is 0. The molecule has 0 amide bonds. The predicted octanol–water partition coefficient (Wildman–Crippen LogP) is 5.27. The van der Waals surface area contributed by atoms with Crippen molar-refractivity contribution in [2.75, 3.05) is 13.2 Å². The molecule has 2 aromatic carbocycles. The van der Waals surface area contributed by atoms with Crippen molar-refractivity contribution >= 4 is 31.9 Å². The first kappa shape index (κ1) is 14.9. The maximum absolute atomic E-state index is 5.84. The van der Waals surface area contributed by atoms with Crippen molar-refractivity contribution in [2.45, 2.75) is 18.2 Å². The molecule has 0 fully saturated rings. The van der Waals surface area contributed by atoms with E-state index in [-0.39, 0.29) is 4.83 Å². The summed E-state index contributed by atoms with van der Waals surface area (Å²) >= 11 is 7.42. The lowest BCUT2D eigenvalue weighted by atomic mass is 10.0. The van der Waals surface area contributed by atoms with Crippen LogP contribution in [-0.4, -0.2) is 13.2 Å². The first-order chi connectivity index (χ1) is 10.2. The van der Waals surface area contributed by atoms with Crippen LogP contribution < -0.4 is 9.47 Å². The van der Waals surface area contributed by atoms with Crippen molar-refractivity contribution < 1.29 is 9.47 Å². The fourth-order valence-electron chi connectivity index (χ4n) is 2.63. The van der Waals surface area contributed by atoms with E-state index in [1.165, 1.54) is 5.56 Å². The van der Waals surface area contributed by atoms with Gasteiger partial charge in [0.05, 0.1) is 18.0 Å². The van der Waals surface area contributed by atoms with Crippen molar-refractivity contribution in [2.24, 2.45) is 0 Å². The van der Waals surface area contributed by atoms with Crippen LogP contribution in [0.5, 0.6) is 11.5 Å². The van der Waals surface area contributed by atoms with E-state index in [1.54, 1.807) is 0 Å². The van der Waals surface area contributed by atoms with Gasteiger partial charge in [-0.2, -0.15) is 0 Å². The summed E-state index contributed by atoms with van der Waals surface area (Å²) in [6.45, 7) is 3.41. The summed E-state index contributed by atoms with van der Waals surface area (Å²) in [6.07, 6.45) is 0.967. The Kier molecular flexibility index (Phi) is 4.55. The zero-order valence-electron chi connectivity index (χ0n) is 11.7. The Morgan fingerprint density at radius 3 is 2.86 bits per heavy atom. The van der Waals surface area contributed by atoms with Crippen LogP contribution in [-0.2, 0) is 6.42 Å². The van der Waals surface area contributed by atoms with Gasteiger partial charge in [-0.15, -0.1) is 0 Å². The Labute approximate surface area is 141 Å². The van der Waals surface area contributed by atoms with E-state index in [9.17, 15) is 0 Å². The molecular formula is C17H16Br2O2. The summed E-state index contributed by atoms with van der Waals surface area (Å²) in [4.78, 5) is 0.0459. The average Bonchev–Trinajstić information content (AvgIpc) is 2.94. The van der Waals surface area contributed by atoms with Gasteiger partial charge in [0.25, 0.3) is 0 Å². The lowest BCUT2D eigenvalue weighted by molar-refractivity contribution is 0.336. The van der Waals surface area contributed by atoms with Crippen LogP contribution >= 0.6 is 31.9 Å². The fraction of sp³-hybridized carbons (Fsp3) is 0.294. The van der Waals surface area contributed by atoms with Gasteiger partial charge in [0.1, 0.15) is 11.5 Å². The van der Waals surface area contributed by atoms with Crippen LogP contribution in [0, 0.1) is 0 Å². The SMILES string of the molecule is CCOc1ccccc1C(Br)c1cc(Br)cc2c1OCC2. The highest BCUT2D eigenvalue weighted by molar-refractivity contribution is 9.10. The van der Waals surface area contributed by atoms with Crippen LogP contribution in [0.3, 0.4) is 0 Å². The first-order valence-corrected chi connectivity index (χ1v) is 8.72. The number of hydrogen-bond donors (Lipinski definition) is 0. The molecular weight excluding hydrogens is 396 g/mol. The molecule has 0 aliphatic carbocycles. The molecule has 1 unspecified atom stereocenters. The van der Waals surface area contributed by atoms with Crippen LogP contribution in [0.25, 0.3) is 0 Å². The summed E-state index contributed by atoms with van der Waals surface area (Å²) in [5.41, 5.74) is 3.52. The van der Waals surface area contributed by atoms with Crippen molar-refractivity contribution in [3.63, 3.8) is 0 Å². The molecule has 1 atom stereocenters. The molecule has 3 rings (SSSR count). The van der Waals surface area contributed by atoms with Gasteiger partial charge in [0.2, 0.25) is 0 Å². The number of rotatable bonds is 4. The topological polar surface area (TPSA) is 18.5 Å². The Bertz CT molecular complexity index is 655. The molecule has 0 saturated heterocycles. The average molecular weight is 412 g/mol. The van der Waals surface area contributed by atoms with Gasteiger partial charge in [-0.05, 0) is 30.7 Å². The zero-order chi connectivity index (χ0) is 14.8. The molecule has 0 saturated carbocycles. The number of benzene rings is 2. The number of halogens is 2. The minimum atomic E-state index is 0.0459. The fourth-order valence-corrected chi connectivity index (χ4v) is 3.87. The van der Waals surface area contributed by atoms with Crippen molar-refractivity contribution in [1.29, 1.82) is 0 Å². The Balaban J connectivity index is 2.05. The molecule has 110 valence electrons. The molecule has 0 aromatic heterocycles. The molecule has 4 heteroatoms. The standard InChI is InChI=1S/C17H16Br2O2/c1-2-20-15-6-4-3-5-13(15)16(19)14-10-12(18)9-11-7-8-21-17(11)14/h3-6,9-10,16H,2,7-8H2,1H3. The van der Waals surface area contributed by atoms with E-state index in [0.717, 1.165) is 40.1 Å². The first-order valence-electron chi connectivity index (χ1n) is 7.01. The Hall–Kier alpha value is -1.00. The quantitative estimate of drug-likeness (QED) is 0.638.